The molecule has 0 bridgehead atoms. The molecule has 1 aliphatic heterocycles. The van der Waals surface area contributed by atoms with Crippen molar-refractivity contribution in [1.29, 1.82) is 0 Å². The minimum absolute atomic E-state index is 0.398. The Morgan fingerprint density at radius 1 is 1.20 bits per heavy atom. The Morgan fingerprint density at radius 2 is 2.05 bits per heavy atom. The third-order valence-corrected chi connectivity index (χ3v) is 3.21. The van der Waals surface area contributed by atoms with Crippen LogP contribution in [0.25, 0.3) is 0 Å². The molecule has 0 aromatic carbocycles. The summed E-state index contributed by atoms with van der Waals surface area (Å²) < 4.78 is 0. The molecule has 2 aromatic rings. The van der Waals surface area contributed by atoms with E-state index in [2.05, 4.69) is 9.97 Å². The standard InChI is InChI=1S/C15H14N4O/c16-14(20)12-8-11-4-3-7-18-15(11)19(9-12)10-13-5-1-2-6-17-13/h1-7,9H,8,10H2,(H2,16,20). The molecular formula is C15H14N4O. The molecule has 3 heterocycles. The molecule has 1 aliphatic rings. The molecule has 0 radical (unpaired) electrons. The molecule has 5 heteroatoms. The van der Waals surface area contributed by atoms with Crippen molar-refractivity contribution in [3.63, 3.8) is 0 Å². The number of aromatic nitrogens is 2. The Bertz CT molecular complexity index is 667. The van der Waals surface area contributed by atoms with Gasteiger partial charge in [0.1, 0.15) is 5.82 Å². The van der Waals surface area contributed by atoms with Gasteiger partial charge in [0, 0.05) is 30.6 Å². The zero-order valence-electron chi connectivity index (χ0n) is 10.9. The normalized spacial score (nSPS) is 13.6. The van der Waals surface area contributed by atoms with Crippen LogP contribution in [0.3, 0.4) is 0 Å². The van der Waals surface area contributed by atoms with E-state index in [4.69, 9.17) is 5.73 Å². The zero-order valence-corrected chi connectivity index (χ0v) is 10.9. The van der Waals surface area contributed by atoms with E-state index >= 15 is 0 Å². The van der Waals surface area contributed by atoms with Crippen LogP contribution in [-0.2, 0) is 17.8 Å². The number of hydrogen-bond donors (Lipinski definition) is 1. The Hall–Kier alpha value is -2.69. The summed E-state index contributed by atoms with van der Waals surface area (Å²) >= 11 is 0. The van der Waals surface area contributed by atoms with E-state index in [1.807, 2.05) is 35.2 Å². The summed E-state index contributed by atoms with van der Waals surface area (Å²) in [6.07, 6.45) is 5.79. The Labute approximate surface area is 116 Å². The van der Waals surface area contributed by atoms with Gasteiger partial charge in [-0.2, -0.15) is 0 Å². The number of nitrogens with zero attached hydrogens (tertiary/aromatic N) is 3. The molecule has 0 fully saturated rings. The van der Waals surface area contributed by atoms with Gasteiger partial charge in [-0.3, -0.25) is 9.78 Å². The Kier molecular flexibility index (Phi) is 3.16. The lowest BCUT2D eigenvalue weighted by Gasteiger charge is -2.27. The van der Waals surface area contributed by atoms with Crippen molar-refractivity contribution in [1.82, 2.24) is 9.97 Å². The average molecular weight is 266 g/mol. The van der Waals surface area contributed by atoms with Gasteiger partial charge in [0.05, 0.1) is 12.2 Å². The van der Waals surface area contributed by atoms with Gasteiger partial charge < -0.3 is 10.6 Å². The smallest absolute Gasteiger partial charge is 0.246 e. The van der Waals surface area contributed by atoms with Gasteiger partial charge in [-0.05, 0) is 23.8 Å². The molecule has 0 saturated carbocycles. The maximum absolute atomic E-state index is 11.5. The lowest BCUT2D eigenvalue weighted by atomic mass is 10.0. The fourth-order valence-electron chi connectivity index (χ4n) is 2.26. The quantitative estimate of drug-likeness (QED) is 0.911. The van der Waals surface area contributed by atoms with Crippen molar-refractivity contribution in [2.24, 2.45) is 5.73 Å². The van der Waals surface area contributed by atoms with Crippen molar-refractivity contribution in [3.05, 3.63) is 65.8 Å². The second-order valence-corrected chi connectivity index (χ2v) is 4.63. The summed E-state index contributed by atoms with van der Waals surface area (Å²) in [5, 5.41) is 0. The minimum Gasteiger partial charge on any atom is -0.366 e. The summed E-state index contributed by atoms with van der Waals surface area (Å²) in [6, 6.07) is 9.57. The van der Waals surface area contributed by atoms with E-state index in [0.29, 0.717) is 18.5 Å². The number of hydrogen-bond acceptors (Lipinski definition) is 4. The molecule has 0 saturated heterocycles. The van der Waals surface area contributed by atoms with Gasteiger partial charge >= 0.3 is 0 Å². The summed E-state index contributed by atoms with van der Waals surface area (Å²) in [5.74, 6) is 0.452. The first-order valence-electron chi connectivity index (χ1n) is 6.35. The molecule has 0 atom stereocenters. The van der Waals surface area contributed by atoms with Crippen LogP contribution < -0.4 is 10.6 Å². The first-order chi connectivity index (χ1) is 9.74. The van der Waals surface area contributed by atoms with Gasteiger partial charge in [-0.25, -0.2) is 4.98 Å². The molecule has 0 aliphatic carbocycles. The summed E-state index contributed by atoms with van der Waals surface area (Å²) in [7, 11) is 0. The topological polar surface area (TPSA) is 72.1 Å². The predicted octanol–water partition coefficient (Wildman–Crippen LogP) is 1.41. The van der Waals surface area contributed by atoms with Gasteiger partial charge in [0.2, 0.25) is 5.91 Å². The molecular weight excluding hydrogens is 252 g/mol. The van der Waals surface area contributed by atoms with E-state index in [9.17, 15) is 4.79 Å². The molecule has 100 valence electrons. The lowest BCUT2D eigenvalue weighted by Crippen LogP contribution is -2.28. The molecule has 20 heavy (non-hydrogen) atoms. The third kappa shape index (κ3) is 2.38. The highest BCUT2D eigenvalue weighted by Gasteiger charge is 2.21. The number of nitrogens with two attached hydrogens (primary N) is 1. The maximum Gasteiger partial charge on any atom is 0.246 e. The molecule has 2 aromatic heterocycles. The van der Waals surface area contributed by atoms with E-state index in [-0.39, 0.29) is 0 Å². The second kappa shape index (κ2) is 5.13. The largest absolute Gasteiger partial charge is 0.366 e. The number of anilines is 1. The van der Waals surface area contributed by atoms with Crippen molar-refractivity contribution in [2.75, 3.05) is 4.90 Å². The average Bonchev–Trinajstić information content (AvgIpc) is 2.48. The molecule has 3 rings (SSSR count). The highest BCUT2D eigenvalue weighted by Crippen LogP contribution is 2.27. The van der Waals surface area contributed by atoms with Crippen LogP contribution >= 0.6 is 0 Å². The van der Waals surface area contributed by atoms with Crippen LogP contribution in [0, 0.1) is 0 Å². The minimum atomic E-state index is -0.398. The number of pyridine rings is 2. The number of primary amides is 1. The number of fused-ring (bicyclic) bond motifs is 1. The maximum atomic E-state index is 11.5. The zero-order chi connectivity index (χ0) is 13.9. The van der Waals surface area contributed by atoms with Crippen LogP contribution in [0.5, 0.6) is 0 Å². The van der Waals surface area contributed by atoms with Crippen molar-refractivity contribution in [3.8, 4) is 0 Å². The van der Waals surface area contributed by atoms with E-state index < -0.39 is 5.91 Å². The van der Waals surface area contributed by atoms with Crippen molar-refractivity contribution in [2.45, 2.75) is 13.0 Å². The van der Waals surface area contributed by atoms with Crippen LogP contribution in [0.2, 0.25) is 0 Å². The first kappa shape index (κ1) is 12.3. The molecule has 0 spiro atoms. The summed E-state index contributed by atoms with van der Waals surface area (Å²) in [5.41, 5.74) is 7.90. The van der Waals surface area contributed by atoms with Gasteiger partial charge in [0.25, 0.3) is 0 Å². The van der Waals surface area contributed by atoms with Gasteiger partial charge in [-0.15, -0.1) is 0 Å². The summed E-state index contributed by atoms with van der Waals surface area (Å²) in [6.45, 7) is 0.557. The van der Waals surface area contributed by atoms with E-state index in [1.165, 1.54) is 0 Å². The Balaban J connectivity index is 1.97. The van der Waals surface area contributed by atoms with Crippen molar-refractivity contribution >= 4 is 11.7 Å². The van der Waals surface area contributed by atoms with E-state index in [1.54, 1.807) is 18.6 Å². The van der Waals surface area contributed by atoms with Crippen LogP contribution in [0.1, 0.15) is 11.3 Å². The molecule has 5 nitrogen and oxygen atoms in total. The number of carbonyl (C=O) groups excluding carboxylic acids is 1. The SMILES string of the molecule is NC(=O)C1=CN(Cc2ccccn2)c2ncccc2C1. The molecule has 2 N–H and O–H groups in total. The first-order valence-corrected chi connectivity index (χ1v) is 6.35. The highest BCUT2D eigenvalue weighted by molar-refractivity contribution is 5.93. The van der Waals surface area contributed by atoms with Crippen molar-refractivity contribution < 1.29 is 4.79 Å². The third-order valence-electron chi connectivity index (χ3n) is 3.21. The highest BCUT2D eigenvalue weighted by atomic mass is 16.1. The van der Waals surface area contributed by atoms with Crippen LogP contribution in [0.4, 0.5) is 5.82 Å². The molecule has 0 unspecified atom stereocenters. The van der Waals surface area contributed by atoms with E-state index in [0.717, 1.165) is 17.1 Å². The van der Waals surface area contributed by atoms with Crippen LogP contribution in [0.15, 0.2) is 54.5 Å². The van der Waals surface area contributed by atoms with Crippen LogP contribution in [-0.4, -0.2) is 15.9 Å². The fraction of sp³-hybridized carbons (Fsp3) is 0.133. The monoisotopic (exact) mass is 266 g/mol. The second-order valence-electron chi connectivity index (χ2n) is 4.63. The summed E-state index contributed by atoms with van der Waals surface area (Å²) in [4.78, 5) is 22.1. The number of rotatable bonds is 3. The number of carbonyl (C=O) groups is 1. The Morgan fingerprint density at radius 3 is 2.80 bits per heavy atom. The van der Waals surface area contributed by atoms with Gasteiger partial charge in [0.15, 0.2) is 0 Å². The fourth-order valence-corrected chi connectivity index (χ4v) is 2.26. The molecule has 1 amide bonds. The lowest BCUT2D eigenvalue weighted by molar-refractivity contribution is -0.114. The number of amides is 1. The predicted molar refractivity (Wildman–Crippen MR) is 75.6 cm³/mol. The van der Waals surface area contributed by atoms with Gasteiger partial charge in [-0.1, -0.05) is 12.1 Å².